The van der Waals surface area contributed by atoms with E-state index in [1.807, 2.05) is 18.4 Å². The van der Waals surface area contributed by atoms with Crippen molar-refractivity contribution in [3.05, 3.63) is 21.4 Å². The van der Waals surface area contributed by atoms with Crippen LogP contribution in [0.2, 0.25) is 0 Å². The average molecular weight is 267 g/mol. The lowest BCUT2D eigenvalue weighted by atomic mass is 9.92. The molecule has 1 saturated heterocycles. The van der Waals surface area contributed by atoms with Crippen LogP contribution in [0.15, 0.2) is 6.07 Å². The van der Waals surface area contributed by atoms with Gasteiger partial charge < -0.3 is 14.8 Å². The number of ether oxygens (including phenoxy) is 2. The Morgan fingerprint density at radius 3 is 3.00 bits per heavy atom. The molecule has 0 unspecified atom stereocenters. The second-order valence-corrected chi connectivity index (χ2v) is 6.28. The summed E-state index contributed by atoms with van der Waals surface area (Å²) in [6.07, 6.45) is 5.76. The number of hydrogen-bond acceptors (Lipinski definition) is 4. The van der Waals surface area contributed by atoms with Gasteiger partial charge in [0.15, 0.2) is 5.79 Å². The molecule has 0 bridgehead atoms. The first-order chi connectivity index (χ1) is 8.84. The Morgan fingerprint density at radius 1 is 1.39 bits per heavy atom. The van der Waals surface area contributed by atoms with Crippen molar-refractivity contribution in [1.82, 2.24) is 5.32 Å². The van der Waals surface area contributed by atoms with E-state index in [2.05, 4.69) is 11.4 Å². The van der Waals surface area contributed by atoms with Gasteiger partial charge in [0.2, 0.25) is 0 Å². The first kappa shape index (κ1) is 12.6. The number of aryl methyl sites for hydroxylation is 2. The average Bonchev–Trinajstić information content (AvgIpc) is 2.98. The van der Waals surface area contributed by atoms with E-state index < -0.39 is 0 Å². The van der Waals surface area contributed by atoms with E-state index >= 15 is 0 Å². The molecular weight excluding hydrogens is 246 g/mol. The van der Waals surface area contributed by atoms with Crippen molar-refractivity contribution in [2.75, 3.05) is 26.8 Å². The van der Waals surface area contributed by atoms with Gasteiger partial charge in [-0.1, -0.05) is 0 Å². The first-order valence-electron chi connectivity index (χ1n) is 6.89. The van der Waals surface area contributed by atoms with Gasteiger partial charge in [0.25, 0.3) is 0 Å². The molecule has 0 atom stereocenters. The Balaban J connectivity index is 1.79. The fourth-order valence-electron chi connectivity index (χ4n) is 2.93. The molecule has 100 valence electrons. The zero-order valence-electron chi connectivity index (χ0n) is 11.0. The predicted molar refractivity (Wildman–Crippen MR) is 73.1 cm³/mol. The molecule has 1 aliphatic carbocycles. The lowest BCUT2D eigenvalue weighted by Crippen LogP contribution is -2.30. The van der Waals surface area contributed by atoms with Crippen molar-refractivity contribution >= 4 is 11.3 Å². The van der Waals surface area contributed by atoms with Gasteiger partial charge in [-0.2, -0.15) is 0 Å². The third-order valence-corrected chi connectivity index (χ3v) is 5.04. The Morgan fingerprint density at radius 2 is 2.22 bits per heavy atom. The molecule has 1 aliphatic heterocycles. The highest BCUT2D eigenvalue weighted by molar-refractivity contribution is 7.12. The maximum atomic E-state index is 5.92. The molecule has 3 rings (SSSR count). The van der Waals surface area contributed by atoms with Crippen LogP contribution in [0.3, 0.4) is 0 Å². The van der Waals surface area contributed by atoms with E-state index in [0.717, 1.165) is 32.6 Å². The van der Waals surface area contributed by atoms with Crippen LogP contribution < -0.4 is 5.32 Å². The molecule has 18 heavy (non-hydrogen) atoms. The van der Waals surface area contributed by atoms with Crippen LogP contribution in [0.1, 0.15) is 34.6 Å². The molecule has 3 nitrogen and oxygen atoms in total. The fraction of sp³-hybridized carbons (Fsp3) is 0.714. The Hall–Kier alpha value is -0.420. The standard InChI is InChI=1S/C14H21NO2S/c1-15-7-3-4-11-10-12-13(18-11)5-2-6-14(12)16-8-9-17-14/h10,15H,2-9H2,1H3. The summed E-state index contributed by atoms with van der Waals surface area (Å²) in [6, 6.07) is 2.33. The SMILES string of the molecule is CNCCCc1cc2c(s1)CCCC21OCCO1. The normalized spacial score (nSPS) is 21.4. The molecule has 2 heterocycles. The quantitative estimate of drug-likeness (QED) is 0.850. The molecule has 1 spiro atoms. The molecule has 1 aromatic rings. The van der Waals surface area contributed by atoms with Crippen LogP contribution in [0.25, 0.3) is 0 Å². The monoisotopic (exact) mass is 267 g/mol. The highest BCUT2D eigenvalue weighted by Gasteiger charge is 2.43. The molecule has 1 N–H and O–H groups in total. The molecule has 4 heteroatoms. The summed E-state index contributed by atoms with van der Waals surface area (Å²) in [5.41, 5.74) is 1.33. The Labute approximate surface area is 112 Å². The second kappa shape index (κ2) is 5.29. The van der Waals surface area contributed by atoms with Gasteiger partial charge in [0.1, 0.15) is 0 Å². The van der Waals surface area contributed by atoms with Gasteiger partial charge in [0, 0.05) is 21.7 Å². The fourth-order valence-corrected chi connectivity index (χ4v) is 4.24. The van der Waals surface area contributed by atoms with Crippen molar-refractivity contribution in [1.29, 1.82) is 0 Å². The zero-order valence-corrected chi connectivity index (χ0v) is 11.8. The van der Waals surface area contributed by atoms with Crippen LogP contribution in [0, 0.1) is 0 Å². The first-order valence-corrected chi connectivity index (χ1v) is 7.70. The lowest BCUT2D eigenvalue weighted by molar-refractivity contribution is -0.175. The van der Waals surface area contributed by atoms with Crippen LogP contribution in [0.5, 0.6) is 0 Å². The second-order valence-electron chi connectivity index (χ2n) is 5.06. The topological polar surface area (TPSA) is 30.5 Å². The minimum absolute atomic E-state index is 0.384. The zero-order chi connectivity index (χ0) is 12.4. The van der Waals surface area contributed by atoms with Gasteiger partial charge in [-0.05, 0) is 45.3 Å². The largest absolute Gasteiger partial charge is 0.343 e. The van der Waals surface area contributed by atoms with Crippen LogP contribution in [-0.4, -0.2) is 26.8 Å². The third kappa shape index (κ3) is 2.23. The maximum Gasteiger partial charge on any atom is 0.196 e. The molecule has 0 saturated carbocycles. The van der Waals surface area contributed by atoms with E-state index in [9.17, 15) is 0 Å². The highest BCUT2D eigenvalue weighted by Crippen LogP contribution is 2.45. The number of nitrogens with one attached hydrogen (secondary N) is 1. The number of fused-ring (bicyclic) bond motifs is 2. The summed E-state index contributed by atoms with van der Waals surface area (Å²) < 4.78 is 11.8. The van der Waals surface area contributed by atoms with Crippen LogP contribution in [0.4, 0.5) is 0 Å². The van der Waals surface area contributed by atoms with Crippen molar-refractivity contribution < 1.29 is 9.47 Å². The summed E-state index contributed by atoms with van der Waals surface area (Å²) >= 11 is 1.96. The van der Waals surface area contributed by atoms with Gasteiger partial charge in [-0.15, -0.1) is 11.3 Å². The van der Waals surface area contributed by atoms with Crippen molar-refractivity contribution in [3.8, 4) is 0 Å². The third-order valence-electron chi connectivity index (χ3n) is 3.78. The molecule has 0 aromatic carbocycles. The summed E-state index contributed by atoms with van der Waals surface area (Å²) in [5.74, 6) is -0.384. The summed E-state index contributed by atoms with van der Waals surface area (Å²) in [7, 11) is 2.01. The molecule has 1 aromatic heterocycles. The smallest absolute Gasteiger partial charge is 0.196 e. The minimum atomic E-state index is -0.384. The Bertz CT molecular complexity index is 410. The van der Waals surface area contributed by atoms with Crippen LogP contribution in [-0.2, 0) is 28.1 Å². The van der Waals surface area contributed by atoms with Crippen LogP contribution >= 0.6 is 11.3 Å². The van der Waals surface area contributed by atoms with Gasteiger partial charge in [0.05, 0.1) is 13.2 Å². The number of thiophene rings is 1. The van der Waals surface area contributed by atoms with E-state index in [4.69, 9.17) is 9.47 Å². The van der Waals surface area contributed by atoms with Crippen molar-refractivity contribution in [3.63, 3.8) is 0 Å². The van der Waals surface area contributed by atoms with Crippen molar-refractivity contribution in [2.24, 2.45) is 0 Å². The van der Waals surface area contributed by atoms with Crippen molar-refractivity contribution in [2.45, 2.75) is 37.9 Å². The number of rotatable bonds is 4. The molecule has 2 aliphatic rings. The molecule has 0 radical (unpaired) electrons. The Kier molecular flexibility index (Phi) is 3.71. The van der Waals surface area contributed by atoms with Gasteiger partial charge >= 0.3 is 0 Å². The number of hydrogen-bond donors (Lipinski definition) is 1. The summed E-state index contributed by atoms with van der Waals surface area (Å²) in [5, 5.41) is 3.20. The maximum absolute atomic E-state index is 5.92. The van der Waals surface area contributed by atoms with Gasteiger partial charge in [-0.3, -0.25) is 0 Å². The van der Waals surface area contributed by atoms with E-state index in [-0.39, 0.29) is 5.79 Å². The molecule has 1 fully saturated rings. The van der Waals surface area contributed by atoms with E-state index in [1.54, 1.807) is 0 Å². The lowest BCUT2D eigenvalue weighted by Gasteiger charge is -2.31. The highest BCUT2D eigenvalue weighted by atomic mass is 32.1. The van der Waals surface area contributed by atoms with E-state index in [1.165, 1.54) is 34.6 Å². The summed E-state index contributed by atoms with van der Waals surface area (Å²) in [6.45, 7) is 2.56. The summed E-state index contributed by atoms with van der Waals surface area (Å²) in [4.78, 5) is 2.97. The van der Waals surface area contributed by atoms with E-state index in [0.29, 0.717) is 0 Å². The van der Waals surface area contributed by atoms with Gasteiger partial charge in [-0.25, -0.2) is 0 Å². The minimum Gasteiger partial charge on any atom is -0.343 e. The predicted octanol–water partition coefficient (Wildman–Crippen LogP) is 2.44. The molecular formula is C14H21NO2S. The molecule has 0 amide bonds.